The zero-order valence-electron chi connectivity index (χ0n) is 11.1. The second-order valence-electron chi connectivity index (χ2n) is 4.66. The molecule has 0 radical (unpaired) electrons. The molecule has 0 bridgehead atoms. The van der Waals surface area contributed by atoms with Crippen LogP contribution in [0.2, 0.25) is 0 Å². The highest BCUT2D eigenvalue weighted by atomic mass is 16.4. The fourth-order valence-electron chi connectivity index (χ4n) is 2.12. The van der Waals surface area contributed by atoms with Gasteiger partial charge in [0.25, 0.3) is 5.91 Å². The number of aromatic nitrogens is 1. The predicted molar refractivity (Wildman–Crippen MR) is 72.3 cm³/mol. The highest BCUT2D eigenvalue weighted by Gasteiger charge is 2.20. The van der Waals surface area contributed by atoms with Gasteiger partial charge < -0.3 is 15.4 Å². The number of aryl methyl sites for hydroxylation is 2. The number of carboxylic acid groups (broad SMARTS) is 1. The third kappa shape index (κ3) is 2.31. The molecule has 1 aromatic heterocycles. The fraction of sp³-hybridized carbons (Fsp3) is 0.286. The van der Waals surface area contributed by atoms with E-state index in [0.717, 1.165) is 22.2 Å². The van der Waals surface area contributed by atoms with Gasteiger partial charge in [0.2, 0.25) is 0 Å². The Morgan fingerprint density at radius 2 is 2.00 bits per heavy atom. The molecule has 0 aliphatic rings. The van der Waals surface area contributed by atoms with Gasteiger partial charge in [-0.15, -0.1) is 0 Å². The first-order valence-corrected chi connectivity index (χ1v) is 6.03. The Bertz CT molecular complexity index is 658. The number of para-hydroxylation sites is 1. The van der Waals surface area contributed by atoms with Crippen molar-refractivity contribution in [2.45, 2.75) is 26.8 Å². The number of benzene rings is 1. The summed E-state index contributed by atoms with van der Waals surface area (Å²) in [4.78, 5) is 26.1. The van der Waals surface area contributed by atoms with Crippen LogP contribution in [-0.2, 0) is 4.79 Å². The molecular weight excluding hydrogens is 244 g/mol. The number of nitrogens with one attached hydrogen (secondary N) is 2. The Balaban J connectivity index is 2.45. The summed E-state index contributed by atoms with van der Waals surface area (Å²) in [6.45, 7) is 5.20. The molecule has 1 amide bonds. The van der Waals surface area contributed by atoms with E-state index in [-0.39, 0.29) is 5.91 Å². The number of hydrogen-bond acceptors (Lipinski definition) is 2. The van der Waals surface area contributed by atoms with Gasteiger partial charge in [-0.05, 0) is 26.3 Å². The largest absolute Gasteiger partial charge is 0.480 e. The summed E-state index contributed by atoms with van der Waals surface area (Å²) in [5.74, 6) is -1.42. The second kappa shape index (κ2) is 4.76. The number of rotatable bonds is 3. The molecular formula is C14H16N2O3. The van der Waals surface area contributed by atoms with Crippen LogP contribution in [0.5, 0.6) is 0 Å². The minimum atomic E-state index is -1.05. The third-order valence-electron chi connectivity index (χ3n) is 3.17. The quantitative estimate of drug-likeness (QED) is 0.789. The number of aromatic amines is 1. The summed E-state index contributed by atoms with van der Waals surface area (Å²) in [6, 6.07) is 4.77. The maximum absolute atomic E-state index is 12.2. The first-order valence-electron chi connectivity index (χ1n) is 6.03. The number of amides is 1. The molecule has 2 aromatic rings. The van der Waals surface area contributed by atoms with E-state index in [1.54, 1.807) is 6.92 Å². The SMILES string of the molecule is Cc1[nH]c2c(C)cccc2c1C(=O)N[C@@H](C)C(=O)O. The third-order valence-corrected chi connectivity index (χ3v) is 3.17. The number of hydrogen-bond donors (Lipinski definition) is 3. The summed E-state index contributed by atoms with van der Waals surface area (Å²) in [5, 5.41) is 12.1. The van der Waals surface area contributed by atoms with Gasteiger partial charge in [0, 0.05) is 16.6 Å². The molecule has 0 unspecified atom stereocenters. The average Bonchev–Trinajstić information content (AvgIpc) is 2.66. The maximum Gasteiger partial charge on any atom is 0.325 e. The topological polar surface area (TPSA) is 82.2 Å². The van der Waals surface area contributed by atoms with Crippen LogP contribution in [0.3, 0.4) is 0 Å². The van der Waals surface area contributed by atoms with Crippen molar-refractivity contribution in [3.8, 4) is 0 Å². The lowest BCUT2D eigenvalue weighted by Gasteiger charge is -2.09. The van der Waals surface area contributed by atoms with Gasteiger partial charge in [-0.1, -0.05) is 18.2 Å². The van der Waals surface area contributed by atoms with Crippen LogP contribution >= 0.6 is 0 Å². The number of aliphatic carboxylic acids is 1. The van der Waals surface area contributed by atoms with Gasteiger partial charge in [-0.25, -0.2) is 0 Å². The lowest BCUT2D eigenvalue weighted by atomic mass is 10.1. The van der Waals surface area contributed by atoms with Crippen molar-refractivity contribution in [3.63, 3.8) is 0 Å². The van der Waals surface area contributed by atoms with Crippen molar-refractivity contribution in [2.75, 3.05) is 0 Å². The van der Waals surface area contributed by atoms with E-state index in [0.29, 0.717) is 5.56 Å². The Labute approximate surface area is 110 Å². The predicted octanol–water partition coefficient (Wildman–Crippen LogP) is 1.99. The lowest BCUT2D eigenvalue weighted by molar-refractivity contribution is -0.138. The second-order valence-corrected chi connectivity index (χ2v) is 4.66. The van der Waals surface area contributed by atoms with Crippen LogP contribution < -0.4 is 5.32 Å². The van der Waals surface area contributed by atoms with Gasteiger partial charge in [0.05, 0.1) is 5.56 Å². The van der Waals surface area contributed by atoms with E-state index in [1.807, 2.05) is 25.1 Å². The maximum atomic E-state index is 12.2. The van der Waals surface area contributed by atoms with E-state index in [4.69, 9.17) is 5.11 Å². The molecule has 5 heteroatoms. The molecule has 0 spiro atoms. The summed E-state index contributed by atoms with van der Waals surface area (Å²) in [6.07, 6.45) is 0. The van der Waals surface area contributed by atoms with Gasteiger partial charge in [-0.3, -0.25) is 9.59 Å². The highest BCUT2D eigenvalue weighted by molar-refractivity contribution is 6.09. The number of carboxylic acids is 1. The van der Waals surface area contributed by atoms with Gasteiger partial charge in [0.1, 0.15) is 6.04 Å². The van der Waals surface area contributed by atoms with Crippen LogP contribution in [0, 0.1) is 13.8 Å². The van der Waals surface area contributed by atoms with Crippen molar-refractivity contribution >= 4 is 22.8 Å². The number of carbonyl (C=O) groups is 2. The number of fused-ring (bicyclic) bond motifs is 1. The minimum Gasteiger partial charge on any atom is -0.480 e. The van der Waals surface area contributed by atoms with Crippen molar-refractivity contribution in [2.24, 2.45) is 0 Å². The van der Waals surface area contributed by atoms with Gasteiger partial charge in [-0.2, -0.15) is 0 Å². The van der Waals surface area contributed by atoms with Crippen molar-refractivity contribution in [1.82, 2.24) is 10.3 Å². The van der Waals surface area contributed by atoms with Crippen LogP contribution in [0.25, 0.3) is 10.9 Å². The van der Waals surface area contributed by atoms with Crippen molar-refractivity contribution in [3.05, 3.63) is 35.0 Å². The Hall–Kier alpha value is -2.30. The number of carbonyl (C=O) groups excluding carboxylic acids is 1. The van der Waals surface area contributed by atoms with Gasteiger partial charge in [0.15, 0.2) is 0 Å². The van der Waals surface area contributed by atoms with Gasteiger partial charge >= 0.3 is 5.97 Å². The first kappa shape index (κ1) is 13.1. The average molecular weight is 260 g/mol. The molecule has 1 atom stereocenters. The van der Waals surface area contributed by atoms with E-state index in [9.17, 15) is 9.59 Å². The molecule has 100 valence electrons. The molecule has 0 saturated heterocycles. The molecule has 0 aliphatic heterocycles. The van der Waals surface area contributed by atoms with Crippen LogP contribution in [0.4, 0.5) is 0 Å². The summed E-state index contributed by atoms with van der Waals surface area (Å²) in [5.41, 5.74) is 3.20. The normalized spacial score (nSPS) is 12.4. The highest BCUT2D eigenvalue weighted by Crippen LogP contribution is 2.24. The smallest absolute Gasteiger partial charge is 0.325 e. The molecule has 2 rings (SSSR count). The molecule has 0 fully saturated rings. The minimum absolute atomic E-state index is 0.371. The molecule has 3 N–H and O–H groups in total. The van der Waals surface area contributed by atoms with E-state index >= 15 is 0 Å². The Kier molecular flexibility index (Phi) is 3.29. The van der Waals surface area contributed by atoms with Crippen LogP contribution in [0.1, 0.15) is 28.5 Å². The standard InChI is InChI=1S/C14H16N2O3/c1-7-5-4-6-10-11(8(2)15-12(7)10)13(17)16-9(3)14(18)19/h4-6,9,15H,1-3H3,(H,16,17)(H,18,19)/t9-/m0/s1. The molecule has 1 heterocycles. The van der Waals surface area contributed by atoms with Crippen LogP contribution in [0.15, 0.2) is 18.2 Å². The number of H-pyrrole nitrogens is 1. The van der Waals surface area contributed by atoms with E-state index in [2.05, 4.69) is 10.3 Å². The van der Waals surface area contributed by atoms with Crippen LogP contribution in [-0.4, -0.2) is 28.0 Å². The summed E-state index contributed by atoms with van der Waals surface area (Å²) < 4.78 is 0. The van der Waals surface area contributed by atoms with Crippen molar-refractivity contribution < 1.29 is 14.7 Å². The molecule has 0 aliphatic carbocycles. The molecule has 0 saturated carbocycles. The lowest BCUT2D eigenvalue weighted by Crippen LogP contribution is -2.38. The summed E-state index contributed by atoms with van der Waals surface area (Å²) in [7, 11) is 0. The van der Waals surface area contributed by atoms with Crippen molar-refractivity contribution in [1.29, 1.82) is 0 Å². The molecule has 19 heavy (non-hydrogen) atoms. The zero-order valence-corrected chi connectivity index (χ0v) is 11.1. The Morgan fingerprint density at radius 1 is 1.32 bits per heavy atom. The molecule has 5 nitrogen and oxygen atoms in total. The Morgan fingerprint density at radius 3 is 2.63 bits per heavy atom. The van der Waals surface area contributed by atoms with E-state index < -0.39 is 12.0 Å². The zero-order chi connectivity index (χ0) is 14.2. The first-order chi connectivity index (χ1) is 8.91. The molecule has 1 aromatic carbocycles. The van der Waals surface area contributed by atoms with E-state index in [1.165, 1.54) is 6.92 Å². The monoisotopic (exact) mass is 260 g/mol. The summed E-state index contributed by atoms with van der Waals surface area (Å²) >= 11 is 0. The fourth-order valence-corrected chi connectivity index (χ4v) is 2.12.